The molecule has 130 valence electrons. The number of likely N-dealkylation sites (tertiary alicyclic amines) is 1. The predicted molar refractivity (Wildman–Crippen MR) is 99.4 cm³/mol. The maximum Gasteiger partial charge on any atom is 0.321 e. The molecule has 1 aliphatic rings. The first-order valence-electron chi connectivity index (χ1n) is 8.52. The van der Waals surface area contributed by atoms with E-state index in [-0.39, 0.29) is 17.9 Å². The van der Waals surface area contributed by atoms with Crippen LogP contribution < -0.4 is 10.6 Å². The largest absolute Gasteiger partial charge is 0.359 e. The Bertz CT molecular complexity index is 771. The van der Waals surface area contributed by atoms with Crippen LogP contribution in [0.5, 0.6) is 0 Å². The highest BCUT2D eigenvalue weighted by Crippen LogP contribution is 2.25. The van der Waals surface area contributed by atoms with E-state index in [2.05, 4.69) is 29.7 Å². The van der Waals surface area contributed by atoms with Crippen molar-refractivity contribution < 1.29 is 9.59 Å². The summed E-state index contributed by atoms with van der Waals surface area (Å²) >= 11 is 0. The second-order valence-electron chi connectivity index (χ2n) is 6.37. The molecule has 1 atom stereocenters. The lowest BCUT2D eigenvalue weighted by Gasteiger charge is -2.17. The SMILES string of the molecule is CNC(=O)[C@@H]1CCN(C(=O)Nc2ccc(-c3ccccc3C)cc2)C1. The third kappa shape index (κ3) is 3.82. The normalized spacial score (nSPS) is 16.6. The Kier molecular flexibility index (Phi) is 5.03. The van der Waals surface area contributed by atoms with E-state index in [0.717, 1.165) is 11.3 Å². The lowest BCUT2D eigenvalue weighted by molar-refractivity contribution is -0.124. The van der Waals surface area contributed by atoms with Crippen LogP contribution >= 0.6 is 0 Å². The van der Waals surface area contributed by atoms with Gasteiger partial charge in [-0.05, 0) is 42.2 Å². The summed E-state index contributed by atoms with van der Waals surface area (Å²) < 4.78 is 0. The van der Waals surface area contributed by atoms with E-state index in [4.69, 9.17) is 0 Å². The molecule has 0 saturated carbocycles. The van der Waals surface area contributed by atoms with Crippen LogP contribution in [0.2, 0.25) is 0 Å². The van der Waals surface area contributed by atoms with Gasteiger partial charge < -0.3 is 15.5 Å². The number of hydrogen-bond acceptors (Lipinski definition) is 2. The molecular weight excluding hydrogens is 314 g/mol. The van der Waals surface area contributed by atoms with Crippen LogP contribution in [0.25, 0.3) is 11.1 Å². The topological polar surface area (TPSA) is 61.4 Å². The minimum Gasteiger partial charge on any atom is -0.359 e. The predicted octanol–water partition coefficient (Wildman–Crippen LogP) is 3.26. The molecule has 2 aromatic carbocycles. The van der Waals surface area contributed by atoms with Crippen molar-refractivity contribution in [2.45, 2.75) is 13.3 Å². The highest BCUT2D eigenvalue weighted by Gasteiger charge is 2.30. The number of urea groups is 1. The van der Waals surface area contributed by atoms with Crippen LogP contribution in [-0.2, 0) is 4.79 Å². The molecule has 3 amide bonds. The van der Waals surface area contributed by atoms with Gasteiger partial charge in [0.2, 0.25) is 5.91 Å². The molecule has 2 N–H and O–H groups in total. The van der Waals surface area contributed by atoms with Gasteiger partial charge in [-0.25, -0.2) is 4.79 Å². The summed E-state index contributed by atoms with van der Waals surface area (Å²) in [4.78, 5) is 25.7. The number of benzene rings is 2. The molecule has 0 aliphatic carbocycles. The molecule has 0 bridgehead atoms. The van der Waals surface area contributed by atoms with E-state index in [1.807, 2.05) is 36.4 Å². The molecule has 0 spiro atoms. The maximum atomic E-state index is 12.4. The minimum absolute atomic E-state index is 0.00196. The fourth-order valence-electron chi connectivity index (χ4n) is 3.20. The van der Waals surface area contributed by atoms with Crippen molar-refractivity contribution in [1.82, 2.24) is 10.2 Å². The number of rotatable bonds is 3. The number of aryl methyl sites for hydroxylation is 1. The number of nitrogens with zero attached hydrogens (tertiary/aromatic N) is 1. The summed E-state index contributed by atoms with van der Waals surface area (Å²) in [6.45, 7) is 3.15. The molecule has 0 radical (unpaired) electrons. The second kappa shape index (κ2) is 7.38. The smallest absolute Gasteiger partial charge is 0.321 e. The molecule has 1 aliphatic heterocycles. The van der Waals surface area contributed by atoms with E-state index in [9.17, 15) is 9.59 Å². The Hall–Kier alpha value is -2.82. The van der Waals surface area contributed by atoms with Crippen LogP contribution in [-0.4, -0.2) is 37.0 Å². The molecular formula is C20H23N3O2. The summed E-state index contributed by atoms with van der Waals surface area (Å²) in [6, 6.07) is 15.9. The molecule has 3 rings (SSSR count). The average molecular weight is 337 g/mol. The van der Waals surface area contributed by atoms with E-state index < -0.39 is 0 Å². The van der Waals surface area contributed by atoms with Crippen LogP contribution in [0.15, 0.2) is 48.5 Å². The molecule has 25 heavy (non-hydrogen) atoms. The average Bonchev–Trinajstić information content (AvgIpc) is 3.12. The molecule has 2 aromatic rings. The molecule has 1 saturated heterocycles. The molecule has 1 fully saturated rings. The van der Waals surface area contributed by atoms with Gasteiger partial charge in [0.25, 0.3) is 0 Å². The lowest BCUT2D eigenvalue weighted by Crippen LogP contribution is -2.35. The number of hydrogen-bond donors (Lipinski definition) is 2. The first-order chi connectivity index (χ1) is 12.1. The van der Waals surface area contributed by atoms with Crippen molar-refractivity contribution in [1.29, 1.82) is 0 Å². The highest BCUT2D eigenvalue weighted by atomic mass is 16.2. The van der Waals surface area contributed by atoms with Crippen LogP contribution in [0.1, 0.15) is 12.0 Å². The number of carbonyl (C=O) groups excluding carboxylic acids is 2. The van der Waals surface area contributed by atoms with Gasteiger partial charge in [0.05, 0.1) is 5.92 Å². The Balaban J connectivity index is 1.63. The number of amides is 3. The van der Waals surface area contributed by atoms with Crippen molar-refractivity contribution in [3.63, 3.8) is 0 Å². The Labute approximate surface area is 148 Å². The summed E-state index contributed by atoms with van der Waals surface area (Å²) in [5.41, 5.74) is 4.28. The number of nitrogens with one attached hydrogen (secondary N) is 2. The van der Waals surface area contributed by atoms with Crippen molar-refractivity contribution in [3.05, 3.63) is 54.1 Å². The third-order valence-corrected chi connectivity index (χ3v) is 4.68. The van der Waals surface area contributed by atoms with Crippen LogP contribution in [0.3, 0.4) is 0 Å². The fraction of sp³-hybridized carbons (Fsp3) is 0.300. The van der Waals surface area contributed by atoms with Gasteiger partial charge in [-0.1, -0.05) is 36.4 Å². The van der Waals surface area contributed by atoms with Gasteiger partial charge >= 0.3 is 6.03 Å². The molecule has 0 unspecified atom stereocenters. The fourth-order valence-corrected chi connectivity index (χ4v) is 3.20. The first-order valence-corrected chi connectivity index (χ1v) is 8.52. The van der Waals surface area contributed by atoms with E-state index >= 15 is 0 Å². The summed E-state index contributed by atoms with van der Waals surface area (Å²) in [5, 5.41) is 5.56. The summed E-state index contributed by atoms with van der Waals surface area (Å²) in [5.74, 6) is -0.114. The van der Waals surface area contributed by atoms with Gasteiger partial charge in [-0.15, -0.1) is 0 Å². The summed E-state index contributed by atoms with van der Waals surface area (Å²) in [7, 11) is 1.63. The van der Waals surface area contributed by atoms with Crippen LogP contribution in [0, 0.1) is 12.8 Å². The lowest BCUT2D eigenvalue weighted by atomic mass is 10.0. The molecule has 0 aromatic heterocycles. The Morgan fingerprint density at radius 2 is 1.80 bits per heavy atom. The maximum absolute atomic E-state index is 12.4. The molecule has 5 nitrogen and oxygen atoms in total. The van der Waals surface area contributed by atoms with Gasteiger partial charge in [0.1, 0.15) is 0 Å². The monoisotopic (exact) mass is 337 g/mol. The van der Waals surface area contributed by atoms with E-state index in [1.165, 1.54) is 11.1 Å². The Morgan fingerprint density at radius 1 is 1.08 bits per heavy atom. The first kappa shape index (κ1) is 17.0. The van der Waals surface area contributed by atoms with Gasteiger partial charge in [0.15, 0.2) is 0 Å². The molecule has 1 heterocycles. The van der Waals surface area contributed by atoms with Crippen molar-refractivity contribution in [2.24, 2.45) is 5.92 Å². The third-order valence-electron chi connectivity index (χ3n) is 4.68. The van der Waals surface area contributed by atoms with E-state index in [0.29, 0.717) is 19.5 Å². The number of carbonyl (C=O) groups is 2. The minimum atomic E-state index is -0.157. The van der Waals surface area contributed by atoms with Crippen LogP contribution in [0.4, 0.5) is 10.5 Å². The van der Waals surface area contributed by atoms with Crippen molar-refractivity contribution in [3.8, 4) is 11.1 Å². The standard InChI is InChI=1S/C20H23N3O2/c1-14-5-3-4-6-18(14)15-7-9-17(10-8-15)22-20(25)23-12-11-16(13-23)19(24)21-2/h3-10,16H,11-13H2,1-2H3,(H,21,24)(H,22,25)/t16-/m1/s1. The second-order valence-corrected chi connectivity index (χ2v) is 6.37. The van der Waals surface area contributed by atoms with Gasteiger partial charge in [-0.3, -0.25) is 4.79 Å². The zero-order chi connectivity index (χ0) is 17.8. The summed E-state index contributed by atoms with van der Waals surface area (Å²) in [6.07, 6.45) is 0.708. The van der Waals surface area contributed by atoms with Crippen molar-refractivity contribution >= 4 is 17.6 Å². The number of anilines is 1. The zero-order valence-corrected chi connectivity index (χ0v) is 14.6. The quantitative estimate of drug-likeness (QED) is 0.903. The highest BCUT2D eigenvalue weighted by molar-refractivity contribution is 5.90. The Morgan fingerprint density at radius 3 is 2.48 bits per heavy atom. The van der Waals surface area contributed by atoms with Crippen molar-refractivity contribution in [2.75, 3.05) is 25.5 Å². The van der Waals surface area contributed by atoms with Gasteiger partial charge in [0, 0.05) is 25.8 Å². The van der Waals surface area contributed by atoms with E-state index in [1.54, 1.807) is 11.9 Å². The molecule has 5 heteroatoms. The zero-order valence-electron chi connectivity index (χ0n) is 14.6. The van der Waals surface area contributed by atoms with Gasteiger partial charge in [-0.2, -0.15) is 0 Å².